The second-order valence-corrected chi connectivity index (χ2v) is 7.10. The first-order chi connectivity index (χ1) is 14.5. The van der Waals surface area contributed by atoms with Gasteiger partial charge in [0.15, 0.2) is 11.5 Å². The van der Waals surface area contributed by atoms with Gasteiger partial charge in [-0.3, -0.25) is 4.79 Å². The smallest absolute Gasteiger partial charge is 0.303 e. The van der Waals surface area contributed by atoms with Crippen LogP contribution in [0.25, 0.3) is 10.8 Å². The number of benzene rings is 3. The van der Waals surface area contributed by atoms with Crippen molar-refractivity contribution in [2.75, 3.05) is 21.3 Å². The van der Waals surface area contributed by atoms with E-state index in [-0.39, 0.29) is 12.1 Å². The molecule has 0 saturated heterocycles. The second kappa shape index (κ2) is 8.14. The molecule has 0 aliphatic carbocycles. The van der Waals surface area contributed by atoms with Crippen molar-refractivity contribution < 1.29 is 28.5 Å². The van der Waals surface area contributed by atoms with Crippen LogP contribution in [0, 0.1) is 0 Å². The quantitative estimate of drug-likeness (QED) is 0.554. The molecule has 6 heteroatoms. The average Bonchev–Trinajstić information content (AvgIpc) is 2.77. The van der Waals surface area contributed by atoms with Gasteiger partial charge in [0.05, 0.1) is 21.3 Å². The zero-order chi connectivity index (χ0) is 21.3. The van der Waals surface area contributed by atoms with E-state index in [9.17, 15) is 4.79 Å². The molecule has 1 unspecified atom stereocenters. The van der Waals surface area contributed by atoms with E-state index < -0.39 is 6.10 Å². The van der Waals surface area contributed by atoms with Gasteiger partial charge in [-0.2, -0.15) is 0 Å². The third-order valence-electron chi connectivity index (χ3n) is 5.31. The van der Waals surface area contributed by atoms with Gasteiger partial charge in [-0.1, -0.05) is 36.4 Å². The summed E-state index contributed by atoms with van der Waals surface area (Å²) < 4.78 is 28.6. The summed E-state index contributed by atoms with van der Waals surface area (Å²) in [6.07, 6.45) is -0.301. The summed E-state index contributed by atoms with van der Waals surface area (Å²) in [5, 5.41) is 2.03. The summed E-state index contributed by atoms with van der Waals surface area (Å²) in [5.74, 6) is 2.00. The fourth-order valence-corrected chi connectivity index (χ4v) is 3.96. The lowest BCUT2D eigenvalue weighted by atomic mass is 9.92. The van der Waals surface area contributed by atoms with E-state index in [4.69, 9.17) is 23.7 Å². The SMILES string of the molecule is COc1cc([C@@H]2CC(OC(C)=O)c3ccc4ccccc4c3O2)cc(OC)c1OC. The molecule has 3 aromatic carbocycles. The molecule has 1 heterocycles. The number of esters is 1. The summed E-state index contributed by atoms with van der Waals surface area (Å²) in [6, 6.07) is 15.7. The van der Waals surface area contributed by atoms with E-state index in [0.717, 1.165) is 27.6 Å². The zero-order valence-electron chi connectivity index (χ0n) is 17.4. The van der Waals surface area contributed by atoms with Gasteiger partial charge < -0.3 is 23.7 Å². The van der Waals surface area contributed by atoms with Crippen LogP contribution < -0.4 is 18.9 Å². The molecular weight excluding hydrogens is 384 g/mol. The molecule has 0 fully saturated rings. The van der Waals surface area contributed by atoms with E-state index in [1.165, 1.54) is 6.92 Å². The molecule has 0 saturated carbocycles. The monoisotopic (exact) mass is 408 g/mol. The topological polar surface area (TPSA) is 63.2 Å². The summed E-state index contributed by atoms with van der Waals surface area (Å²) in [5.41, 5.74) is 1.72. The highest BCUT2D eigenvalue weighted by Gasteiger charge is 2.33. The fourth-order valence-electron chi connectivity index (χ4n) is 3.96. The minimum atomic E-state index is -0.417. The van der Waals surface area contributed by atoms with Crippen molar-refractivity contribution in [3.8, 4) is 23.0 Å². The van der Waals surface area contributed by atoms with Crippen LogP contribution in [0.5, 0.6) is 23.0 Å². The van der Waals surface area contributed by atoms with Gasteiger partial charge in [-0.05, 0) is 17.5 Å². The standard InChI is InChI=1S/C24H24O6/c1-14(25)29-20-13-19(16-11-21(26-2)24(28-4)22(12-16)27-3)30-23-17-8-6-5-7-15(17)9-10-18(20)23/h5-12,19-20H,13H2,1-4H3/t19-,20?/m0/s1. The van der Waals surface area contributed by atoms with E-state index in [0.29, 0.717) is 23.7 Å². The van der Waals surface area contributed by atoms with Crippen molar-refractivity contribution in [3.63, 3.8) is 0 Å². The van der Waals surface area contributed by atoms with Gasteiger partial charge in [-0.25, -0.2) is 0 Å². The van der Waals surface area contributed by atoms with Crippen LogP contribution in [-0.4, -0.2) is 27.3 Å². The Hall–Kier alpha value is -3.41. The molecule has 0 bridgehead atoms. The Labute approximate surface area is 175 Å². The summed E-state index contributed by atoms with van der Waals surface area (Å²) in [4.78, 5) is 11.8. The molecule has 1 aliphatic heterocycles. The van der Waals surface area contributed by atoms with Crippen molar-refractivity contribution in [2.24, 2.45) is 0 Å². The Morgan fingerprint density at radius 1 is 0.967 bits per heavy atom. The number of carbonyl (C=O) groups is 1. The number of hydrogen-bond acceptors (Lipinski definition) is 6. The van der Waals surface area contributed by atoms with Crippen molar-refractivity contribution in [2.45, 2.75) is 25.6 Å². The van der Waals surface area contributed by atoms with Crippen molar-refractivity contribution in [3.05, 3.63) is 59.7 Å². The average molecular weight is 408 g/mol. The van der Waals surface area contributed by atoms with Crippen LogP contribution >= 0.6 is 0 Å². The Balaban J connectivity index is 1.84. The van der Waals surface area contributed by atoms with Gasteiger partial charge in [0, 0.05) is 29.9 Å². The molecule has 6 nitrogen and oxygen atoms in total. The van der Waals surface area contributed by atoms with E-state index in [1.54, 1.807) is 21.3 Å². The molecule has 0 aromatic heterocycles. The third kappa shape index (κ3) is 3.49. The number of carbonyl (C=O) groups excluding carboxylic acids is 1. The predicted octanol–water partition coefficient (Wildman–Crippen LogP) is 4.99. The Morgan fingerprint density at radius 2 is 1.67 bits per heavy atom. The minimum Gasteiger partial charge on any atom is -0.493 e. The van der Waals surface area contributed by atoms with Crippen molar-refractivity contribution in [1.82, 2.24) is 0 Å². The molecule has 0 N–H and O–H groups in total. The Bertz CT molecular complexity index is 1070. The maximum Gasteiger partial charge on any atom is 0.303 e. The largest absolute Gasteiger partial charge is 0.493 e. The van der Waals surface area contributed by atoms with Crippen LogP contribution in [0.1, 0.15) is 36.7 Å². The van der Waals surface area contributed by atoms with Gasteiger partial charge in [0.25, 0.3) is 0 Å². The number of ether oxygens (including phenoxy) is 5. The highest BCUT2D eigenvalue weighted by atomic mass is 16.6. The molecule has 30 heavy (non-hydrogen) atoms. The van der Waals surface area contributed by atoms with Gasteiger partial charge in [0.1, 0.15) is 18.0 Å². The van der Waals surface area contributed by atoms with Gasteiger partial charge >= 0.3 is 5.97 Å². The number of fused-ring (bicyclic) bond motifs is 3. The summed E-state index contributed by atoms with van der Waals surface area (Å²) >= 11 is 0. The fraction of sp³-hybridized carbons (Fsp3) is 0.292. The summed E-state index contributed by atoms with van der Waals surface area (Å²) in [7, 11) is 4.72. The molecule has 0 radical (unpaired) electrons. The lowest BCUT2D eigenvalue weighted by Gasteiger charge is -2.33. The maximum absolute atomic E-state index is 11.8. The number of rotatable bonds is 5. The number of methoxy groups -OCH3 is 3. The third-order valence-corrected chi connectivity index (χ3v) is 5.31. The molecule has 1 aliphatic rings. The van der Waals surface area contributed by atoms with E-state index in [2.05, 4.69) is 0 Å². The lowest BCUT2D eigenvalue weighted by molar-refractivity contribution is -0.149. The molecule has 3 aromatic rings. The number of hydrogen-bond donors (Lipinski definition) is 0. The molecule has 0 spiro atoms. The molecule has 2 atom stereocenters. The van der Waals surface area contributed by atoms with E-state index in [1.807, 2.05) is 48.5 Å². The van der Waals surface area contributed by atoms with Crippen LogP contribution in [0.15, 0.2) is 48.5 Å². The van der Waals surface area contributed by atoms with Gasteiger partial charge in [-0.15, -0.1) is 0 Å². The highest BCUT2D eigenvalue weighted by Crippen LogP contribution is 2.48. The molecular formula is C24H24O6. The normalized spacial score (nSPS) is 17.6. The second-order valence-electron chi connectivity index (χ2n) is 7.10. The van der Waals surface area contributed by atoms with Crippen LogP contribution in [0.3, 0.4) is 0 Å². The highest BCUT2D eigenvalue weighted by molar-refractivity contribution is 5.90. The summed E-state index contributed by atoms with van der Waals surface area (Å²) in [6.45, 7) is 1.42. The maximum atomic E-state index is 11.8. The van der Waals surface area contributed by atoms with E-state index >= 15 is 0 Å². The predicted molar refractivity (Wildman–Crippen MR) is 113 cm³/mol. The first kappa shape index (κ1) is 19.9. The van der Waals surface area contributed by atoms with Crippen molar-refractivity contribution in [1.29, 1.82) is 0 Å². The van der Waals surface area contributed by atoms with Crippen LogP contribution in [0.4, 0.5) is 0 Å². The first-order valence-corrected chi connectivity index (χ1v) is 9.71. The molecule has 156 valence electrons. The van der Waals surface area contributed by atoms with Crippen LogP contribution in [0.2, 0.25) is 0 Å². The van der Waals surface area contributed by atoms with Gasteiger partial charge in [0.2, 0.25) is 5.75 Å². The molecule has 4 rings (SSSR count). The Morgan fingerprint density at radius 3 is 2.30 bits per heavy atom. The Kier molecular flexibility index (Phi) is 5.40. The van der Waals surface area contributed by atoms with Crippen LogP contribution in [-0.2, 0) is 9.53 Å². The minimum absolute atomic E-state index is 0.329. The molecule has 0 amide bonds. The first-order valence-electron chi connectivity index (χ1n) is 9.71. The lowest BCUT2D eigenvalue weighted by Crippen LogP contribution is -2.22. The van der Waals surface area contributed by atoms with Crippen molar-refractivity contribution >= 4 is 16.7 Å². The zero-order valence-corrected chi connectivity index (χ0v) is 17.4.